The van der Waals surface area contributed by atoms with E-state index < -0.39 is 0 Å². The van der Waals surface area contributed by atoms with Crippen LogP contribution in [0.15, 0.2) is 6.20 Å². The van der Waals surface area contributed by atoms with Crippen LogP contribution in [0, 0.1) is 13.8 Å². The Hall–Kier alpha value is -2.38. The van der Waals surface area contributed by atoms with Gasteiger partial charge in [0.25, 0.3) is 0 Å². The van der Waals surface area contributed by atoms with E-state index in [2.05, 4.69) is 25.8 Å². The molecule has 0 aromatic carbocycles. The maximum atomic E-state index is 11.7. The maximum absolute atomic E-state index is 11.7. The average molecular weight is 263 g/mol. The van der Waals surface area contributed by atoms with Crippen LogP contribution in [0.4, 0.5) is 5.82 Å². The highest BCUT2D eigenvalue weighted by Crippen LogP contribution is 2.08. The van der Waals surface area contributed by atoms with Gasteiger partial charge in [-0.1, -0.05) is 5.21 Å². The van der Waals surface area contributed by atoms with Gasteiger partial charge in [0.15, 0.2) is 5.82 Å². The summed E-state index contributed by atoms with van der Waals surface area (Å²) in [5.41, 5.74) is 8.57. The van der Waals surface area contributed by atoms with E-state index in [1.807, 2.05) is 13.8 Å². The molecule has 0 aliphatic carbocycles. The Labute approximate surface area is 110 Å². The monoisotopic (exact) mass is 263 g/mol. The maximum Gasteiger partial charge on any atom is 0.241 e. The number of H-pyrrole nitrogens is 1. The molecule has 0 spiro atoms. The summed E-state index contributed by atoms with van der Waals surface area (Å²) in [5.74, 6) is 0.182. The molecule has 0 saturated heterocycles. The first kappa shape index (κ1) is 13.1. The minimum atomic E-state index is -0.122. The predicted octanol–water partition coefficient (Wildman–Crippen LogP) is -0.441. The SMILES string of the molecule is Cc1n[nH]c(C)c1CCNC(=O)Cn1cc(N)nn1. The van der Waals surface area contributed by atoms with Crippen molar-refractivity contribution < 1.29 is 4.79 Å². The molecule has 8 nitrogen and oxygen atoms in total. The molecule has 0 radical (unpaired) electrons. The smallest absolute Gasteiger partial charge is 0.241 e. The number of hydrogen-bond donors (Lipinski definition) is 3. The minimum Gasteiger partial charge on any atom is -0.381 e. The van der Waals surface area contributed by atoms with Crippen LogP contribution in [0.1, 0.15) is 17.0 Å². The number of aromatic nitrogens is 5. The number of amides is 1. The van der Waals surface area contributed by atoms with Crippen LogP contribution in [-0.4, -0.2) is 37.6 Å². The van der Waals surface area contributed by atoms with E-state index in [1.54, 1.807) is 0 Å². The molecule has 0 unspecified atom stereocenters. The van der Waals surface area contributed by atoms with Crippen molar-refractivity contribution in [3.63, 3.8) is 0 Å². The van der Waals surface area contributed by atoms with Crippen molar-refractivity contribution in [2.45, 2.75) is 26.8 Å². The highest BCUT2D eigenvalue weighted by Gasteiger charge is 2.08. The lowest BCUT2D eigenvalue weighted by Crippen LogP contribution is -2.29. The largest absolute Gasteiger partial charge is 0.381 e. The number of aromatic amines is 1. The molecule has 0 fully saturated rings. The van der Waals surface area contributed by atoms with E-state index in [4.69, 9.17) is 5.73 Å². The van der Waals surface area contributed by atoms with Crippen LogP contribution in [0.25, 0.3) is 0 Å². The lowest BCUT2D eigenvalue weighted by atomic mass is 10.1. The number of aryl methyl sites for hydroxylation is 2. The molecular weight excluding hydrogens is 246 g/mol. The summed E-state index contributed by atoms with van der Waals surface area (Å²) in [6, 6.07) is 0. The van der Waals surface area contributed by atoms with Crippen molar-refractivity contribution in [3.8, 4) is 0 Å². The van der Waals surface area contributed by atoms with Gasteiger partial charge in [0, 0.05) is 12.2 Å². The standard InChI is InChI=1S/C11H17N7O/c1-7-9(8(2)15-14-7)3-4-13-11(19)6-18-5-10(12)16-17-18/h5H,3-4,6,12H2,1-2H3,(H,13,19)(H,14,15). The number of nitrogen functional groups attached to an aromatic ring is 1. The van der Waals surface area contributed by atoms with Crippen molar-refractivity contribution in [3.05, 3.63) is 23.1 Å². The zero-order chi connectivity index (χ0) is 13.8. The Kier molecular flexibility index (Phi) is 3.79. The zero-order valence-corrected chi connectivity index (χ0v) is 11.0. The fourth-order valence-electron chi connectivity index (χ4n) is 1.86. The molecule has 102 valence electrons. The van der Waals surface area contributed by atoms with Gasteiger partial charge in [0.2, 0.25) is 5.91 Å². The van der Waals surface area contributed by atoms with Crippen molar-refractivity contribution in [1.29, 1.82) is 0 Å². The molecule has 0 aliphatic heterocycles. The van der Waals surface area contributed by atoms with Crippen molar-refractivity contribution in [2.75, 3.05) is 12.3 Å². The molecule has 1 amide bonds. The minimum absolute atomic E-state index is 0.119. The van der Waals surface area contributed by atoms with Gasteiger partial charge in [-0.15, -0.1) is 5.10 Å². The predicted molar refractivity (Wildman–Crippen MR) is 69.2 cm³/mol. The normalized spacial score (nSPS) is 10.6. The Morgan fingerprint density at radius 1 is 1.53 bits per heavy atom. The van der Waals surface area contributed by atoms with E-state index in [9.17, 15) is 4.79 Å². The van der Waals surface area contributed by atoms with Gasteiger partial charge in [-0.2, -0.15) is 5.10 Å². The summed E-state index contributed by atoms with van der Waals surface area (Å²) < 4.78 is 1.40. The van der Waals surface area contributed by atoms with E-state index >= 15 is 0 Å². The lowest BCUT2D eigenvalue weighted by molar-refractivity contribution is -0.121. The van der Waals surface area contributed by atoms with Gasteiger partial charge in [0.05, 0.1) is 11.9 Å². The third kappa shape index (κ3) is 3.30. The van der Waals surface area contributed by atoms with Crippen LogP contribution >= 0.6 is 0 Å². The van der Waals surface area contributed by atoms with E-state index in [0.29, 0.717) is 12.4 Å². The van der Waals surface area contributed by atoms with E-state index in [0.717, 1.165) is 23.4 Å². The number of anilines is 1. The highest BCUT2D eigenvalue weighted by atomic mass is 16.2. The van der Waals surface area contributed by atoms with Gasteiger partial charge in [0.1, 0.15) is 6.54 Å². The Morgan fingerprint density at radius 2 is 2.32 bits per heavy atom. The van der Waals surface area contributed by atoms with Crippen LogP contribution in [0.2, 0.25) is 0 Å². The quantitative estimate of drug-likeness (QED) is 0.676. The van der Waals surface area contributed by atoms with Crippen LogP contribution < -0.4 is 11.1 Å². The van der Waals surface area contributed by atoms with Gasteiger partial charge in [-0.3, -0.25) is 9.89 Å². The summed E-state index contributed by atoms with van der Waals surface area (Å²) in [7, 11) is 0. The summed E-state index contributed by atoms with van der Waals surface area (Å²) in [6.45, 7) is 4.59. The van der Waals surface area contributed by atoms with E-state index in [-0.39, 0.29) is 12.5 Å². The first-order chi connectivity index (χ1) is 9.06. The van der Waals surface area contributed by atoms with Gasteiger partial charge in [-0.25, -0.2) is 4.68 Å². The average Bonchev–Trinajstić information content (AvgIpc) is 2.89. The molecule has 0 aliphatic rings. The second-order valence-corrected chi connectivity index (χ2v) is 4.35. The first-order valence-electron chi connectivity index (χ1n) is 5.99. The molecule has 0 saturated carbocycles. The summed E-state index contributed by atoms with van der Waals surface area (Å²) in [6.07, 6.45) is 2.27. The number of rotatable bonds is 5. The number of hydrogen-bond acceptors (Lipinski definition) is 5. The molecule has 19 heavy (non-hydrogen) atoms. The number of carbonyl (C=O) groups is 1. The van der Waals surface area contributed by atoms with Crippen molar-refractivity contribution >= 4 is 11.7 Å². The molecule has 0 bridgehead atoms. The van der Waals surface area contributed by atoms with E-state index in [1.165, 1.54) is 10.9 Å². The topological polar surface area (TPSA) is 115 Å². The zero-order valence-electron chi connectivity index (χ0n) is 11.0. The lowest BCUT2D eigenvalue weighted by Gasteiger charge is -2.05. The van der Waals surface area contributed by atoms with Gasteiger partial charge >= 0.3 is 0 Å². The number of nitrogens with one attached hydrogen (secondary N) is 2. The number of nitrogens with zero attached hydrogens (tertiary/aromatic N) is 4. The molecule has 2 rings (SSSR count). The molecule has 2 heterocycles. The van der Waals surface area contributed by atoms with Gasteiger partial charge < -0.3 is 11.1 Å². The fraction of sp³-hybridized carbons (Fsp3) is 0.455. The van der Waals surface area contributed by atoms with Crippen LogP contribution in [0.3, 0.4) is 0 Å². The molecular formula is C11H17N7O. The molecule has 4 N–H and O–H groups in total. The van der Waals surface area contributed by atoms with Gasteiger partial charge in [-0.05, 0) is 25.8 Å². The number of carbonyl (C=O) groups excluding carboxylic acids is 1. The Bertz CT molecular complexity index is 552. The summed E-state index contributed by atoms with van der Waals surface area (Å²) in [4.78, 5) is 11.7. The highest BCUT2D eigenvalue weighted by molar-refractivity contribution is 5.75. The van der Waals surface area contributed by atoms with Crippen LogP contribution in [-0.2, 0) is 17.8 Å². The fourth-order valence-corrected chi connectivity index (χ4v) is 1.86. The second-order valence-electron chi connectivity index (χ2n) is 4.35. The molecule has 8 heteroatoms. The summed E-state index contributed by atoms with van der Waals surface area (Å²) in [5, 5.41) is 17.2. The van der Waals surface area contributed by atoms with Crippen molar-refractivity contribution in [1.82, 2.24) is 30.5 Å². The van der Waals surface area contributed by atoms with Crippen LogP contribution in [0.5, 0.6) is 0 Å². The summed E-state index contributed by atoms with van der Waals surface area (Å²) >= 11 is 0. The second kappa shape index (κ2) is 5.51. The third-order valence-corrected chi connectivity index (χ3v) is 2.84. The molecule has 2 aromatic heterocycles. The first-order valence-corrected chi connectivity index (χ1v) is 5.99. The number of nitrogens with two attached hydrogens (primary N) is 1. The Morgan fingerprint density at radius 3 is 2.89 bits per heavy atom. The van der Waals surface area contributed by atoms with Crippen molar-refractivity contribution in [2.24, 2.45) is 0 Å². The molecule has 0 atom stereocenters. The molecule has 2 aromatic rings. The third-order valence-electron chi connectivity index (χ3n) is 2.84. The Balaban J connectivity index is 1.78.